The third-order valence-electron chi connectivity index (χ3n) is 4.57. The van der Waals surface area contributed by atoms with Crippen molar-refractivity contribution in [2.24, 2.45) is 0 Å². The fourth-order valence-corrected chi connectivity index (χ4v) is 3.97. The summed E-state index contributed by atoms with van der Waals surface area (Å²) >= 11 is 0.895. The maximum Gasteiger partial charge on any atom is 0.298 e. The van der Waals surface area contributed by atoms with Crippen LogP contribution in [-0.4, -0.2) is 15.7 Å². The van der Waals surface area contributed by atoms with Gasteiger partial charge >= 0.3 is 0 Å². The number of hydrogen-bond donors (Lipinski definition) is 0. The van der Waals surface area contributed by atoms with Crippen LogP contribution in [0.25, 0.3) is 10.9 Å². The molecule has 3 aromatic rings. The number of carbonyl (C=O) groups excluding carboxylic acids is 2. The molecule has 1 aliphatic heterocycles. The average molecular weight is 362 g/mol. The third-order valence-corrected chi connectivity index (χ3v) is 5.35. The molecule has 4 nitrogen and oxygen atoms in total. The molecule has 2 aromatic carbocycles. The first kappa shape index (κ1) is 16.7. The number of benzene rings is 2. The summed E-state index contributed by atoms with van der Waals surface area (Å²) in [5.41, 5.74) is 2.98. The maximum atomic E-state index is 12.3. The molecule has 0 spiro atoms. The van der Waals surface area contributed by atoms with E-state index in [2.05, 4.69) is 35.4 Å². The topological polar surface area (TPSA) is 42.3 Å². The second-order valence-electron chi connectivity index (χ2n) is 6.24. The highest BCUT2D eigenvalue weighted by atomic mass is 32.2. The minimum atomic E-state index is -0.329. The zero-order valence-corrected chi connectivity index (χ0v) is 15.0. The predicted octanol–water partition coefficient (Wildman–Crippen LogP) is 4.99. The van der Waals surface area contributed by atoms with Crippen molar-refractivity contribution >= 4 is 39.5 Å². The normalized spacial score (nSPS) is 14.6. The highest BCUT2D eigenvalue weighted by Gasteiger charge is 2.35. The standard InChI is InChI=1S/C21H18N2O2S/c1-15-20(24)23(21(25)26-15)19-11-5-10-18-17(19)12-14-22(18)13-6-9-16-7-3-2-4-8-16/h2-5,7-8,10-12,14H,1,6,9,13H2. The number of imide groups is 1. The average Bonchev–Trinajstić information content (AvgIpc) is 3.17. The quantitative estimate of drug-likeness (QED) is 0.601. The molecule has 0 atom stereocenters. The highest BCUT2D eigenvalue weighted by molar-refractivity contribution is 8.18. The van der Waals surface area contributed by atoms with Gasteiger partial charge in [-0.1, -0.05) is 43.0 Å². The van der Waals surface area contributed by atoms with Crippen molar-refractivity contribution in [3.05, 3.63) is 77.8 Å². The van der Waals surface area contributed by atoms with Gasteiger partial charge in [0.15, 0.2) is 0 Å². The molecule has 26 heavy (non-hydrogen) atoms. The number of anilines is 1. The number of aromatic nitrogens is 1. The van der Waals surface area contributed by atoms with Crippen LogP contribution < -0.4 is 4.90 Å². The van der Waals surface area contributed by atoms with E-state index in [1.54, 1.807) is 0 Å². The Morgan fingerprint density at radius 2 is 1.77 bits per heavy atom. The van der Waals surface area contributed by atoms with Crippen LogP contribution in [0.15, 0.2) is 72.3 Å². The largest absolute Gasteiger partial charge is 0.347 e. The summed E-state index contributed by atoms with van der Waals surface area (Å²) in [6.45, 7) is 4.54. The number of rotatable bonds is 5. The lowest BCUT2D eigenvalue weighted by Gasteiger charge is -2.14. The number of hydrogen-bond acceptors (Lipinski definition) is 3. The molecule has 2 amide bonds. The van der Waals surface area contributed by atoms with Crippen LogP contribution in [-0.2, 0) is 17.8 Å². The lowest BCUT2D eigenvalue weighted by Crippen LogP contribution is -2.27. The second-order valence-corrected chi connectivity index (χ2v) is 7.29. The summed E-state index contributed by atoms with van der Waals surface area (Å²) in [6, 6.07) is 18.1. The van der Waals surface area contributed by atoms with E-state index >= 15 is 0 Å². The SMILES string of the molecule is C=C1SC(=O)N(c2cccc3c2ccn3CCCc2ccccc2)C1=O. The summed E-state index contributed by atoms with van der Waals surface area (Å²) < 4.78 is 2.18. The first-order chi connectivity index (χ1) is 12.6. The Morgan fingerprint density at radius 1 is 0.962 bits per heavy atom. The van der Waals surface area contributed by atoms with Crippen molar-refractivity contribution in [3.63, 3.8) is 0 Å². The van der Waals surface area contributed by atoms with Gasteiger partial charge in [-0.15, -0.1) is 0 Å². The molecule has 2 heterocycles. The molecule has 0 radical (unpaired) electrons. The Kier molecular flexibility index (Phi) is 4.39. The number of aryl methyl sites for hydroxylation is 2. The van der Waals surface area contributed by atoms with E-state index < -0.39 is 0 Å². The lowest BCUT2D eigenvalue weighted by molar-refractivity contribution is -0.113. The molecule has 0 bridgehead atoms. The van der Waals surface area contributed by atoms with Gasteiger partial charge in [0.1, 0.15) is 0 Å². The maximum absolute atomic E-state index is 12.3. The second kappa shape index (κ2) is 6.84. The molecule has 0 unspecified atom stereocenters. The molecule has 0 N–H and O–H groups in total. The lowest BCUT2D eigenvalue weighted by atomic mass is 10.1. The Labute approximate surface area is 156 Å². The van der Waals surface area contributed by atoms with Crippen LogP contribution in [0.1, 0.15) is 12.0 Å². The number of nitrogens with zero attached hydrogens (tertiary/aromatic N) is 2. The molecule has 4 rings (SSSR count). The van der Waals surface area contributed by atoms with Crippen LogP contribution in [0.2, 0.25) is 0 Å². The Hall–Kier alpha value is -2.79. The van der Waals surface area contributed by atoms with Gasteiger partial charge in [-0.25, -0.2) is 4.90 Å². The van der Waals surface area contributed by atoms with E-state index in [1.165, 1.54) is 10.5 Å². The van der Waals surface area contributed by atoms with Gasteiger partial charge in [-0.2, -0.15) is 0 Å². The Bertz CT molecular complexity index is 1010. The van der Waals surface area contributed by atoms with Crippen LogP contribution in [0.5, 0.6) is 0 Å². The first-order valence-electron chi connectivity index (χ1n) is 8.52. The van der Waals surface area contributed by atoms with Crippen molar-refractivity contribution in [1.29, 1.82) is 0 Å². The van der Waals surface area contributed by atoms with E-state index in [1.807, 2.05) is 36.5 Å². The molecule has 1 aliphatic rings. The predicted molar refractivity (Wildman–Crippen MR) is 106 cm³/mol. The van der Waals surface area contributed by atoms with Gasteiger partial charge in [0.2, 0.25) is 0 Å². The number of carbonyl (C=O) groups is 2. The molecular formula is C21H18N2O2S. The molecule has 0 saturated carbocycles. The minimum Gasteiger partial charge on any atom is -0.347 e. The van der Waals surface area contributed by atoms with Crippen molar-refractivity contribution in [1.82, 2.24) is 4.57 Å². The summed E-state index contributed by atoms with van der Waals surface area (Å²) in [6.07, 6.45) is 4.05. The van der Waals surface area contributed by atoms with Gasteiger partial charge in [0.05, 0.1) is 16.1 Å². The van der Waals surface area contributed by atoms with Gasteiger partial charge < -0.3 is 4.57 Å². The van der Waals surface area contributed by atoms with Crippen LogP contribution in [0.4, 0.5) is 10.5 Å². The molecule has 0 aliphatic carbocycles. The van der Waals surface area contributed by atoms with Crippen LogP contribution in [0, 0.1) is 0 Å². The monoisotopic (exact) mass is 362 g/mol. The van der Waals surface area contributed by atoms with E-state index in [9.17, 15) is 9.59 Å². The summed E-state index contributed by atoms with van der Waals surface area (Å²) in [7, 11) is 0. The van der Waals surface area contributed by atoms with Crippen molar-refractivity contribution in [2.75, 3.05) is 4.90 Å². The van der Waals surface area contributed by atoms with E-state index in [4.69, 9.17) is 0 Å². The fraction of sp³-hybridized carbons (Fsp3) is 0.143. The minimum absolute atomic E-state index is 0.272. The molecule has 5 heteroatoms. The van der Waals surface area contributed by atoms with Crippen molar-refractivity contribution in [3.8, 4) is 0 Å². The van der Waals surface area contributed by atoms with E-state index in [0.29, 0.717) is 5.69 Å². The fourth-order valence-electron chi connectivity index (χ4n) is 3.31. The van der Waals surface area contributed by atoms with Gasteiger partial charge in [0.25, 0.3) is 11.1 Å². The number of fused-ring (bicyclic) bond motifs is 1. The number of amides is 2. The number of thioether (sulfide) groups is 1. The summed E-state index contributed by atoms with van der Waals surface area (Å²) in [5.74, 6) is -0.329. The van der Waals surface area contributed by atoms with Gasteiger partial charge in [-0.05, 0) is 48.4 Å². The molecule has 1 fully saturated rings. The first-order valence-corrected chi connectivity index (χ1v) is 9.34. The summed E-state index contributed by atoms with van der Waals surface area (Å²) in [5, 5.41) is 0.619. The van der Waals surface area contributed by atoms with Crippen molar-refractivity contribution < 1.29 is 9.59 Å². The van der Waals surface area contributed by atoms with Crippen LogP contribution in [0.3, 0.4) is 0 Å². The molecular weight excluding hydrogens is 344 g/mol. The Morgan fingerprint density at radius 3 is 2.50 bits per heavy atom. The van der Waals surface area contributed by atoms with E-state index in [-0.39, 0.29) is 16.1 Å². The zero-order valence-electron chi connectivity index (χ0n) is 14.2. The third kappa shape index (κ3) is 2.95. The molecule has 1 aromatic heterocycles. The molecule has 1 saturated heterocycles. The highest BCUT2D eigenvalue weighted by Crippen LogP contribution is 2.37. The zero-order chi connectivity index (χ0) is 18.1. The van der Waals surface area contributed by atoms with Crippen LogP contribution >= 0.6 is 11.8 Å². The Balaban J connectivity index is 1.58. The van der Waals surface area contributed by atoms with Crippen molar-refractivity contribution in [2.45, 2.75) is 19.4 Å². The van der Waals surface area contributed by atoms with Gasteiger partial charge in [0, 0.05) is 18.1 Å². The smallest absolute Gasteiger partial charge is 0.298 e. The summed E-state index contributed by atoms with van der Waals surface area (Å²) in [4.78, 5) is 25.9. The molecule has 130 valence electrons. The van der Waals surface area contributed by atoms with Gasteiger partial charge in [-0.3, -0.25) is 9.59 Å². The van der Waals surface area contributed by atoms with E-state index in [0.717, 1.165) is 42.1 Å².